The van der Waals surface area contributed by atoms with Gasteiger partial charge in [0.15, 0.2) is 6.23 Å². The predicted molar refractivity (Wildman–Crippen MR) is 145 cm³/mol. The second kappa shape index (κ2) is 11.8. The molecule has 0 unspecified atom stereocenters. The molecular weight excluding hydrogens is 536 g/mol. The van der Waals surface area contributed by atoms with E-state index in [0.717, 1.165) is 10.1 Å². The van der Waals surface area contributed by atoms with E-state index in [1.807, 2.05) is 16.8 Å². The molecule has 0 saturated carbocycles. The van der Waals surface area contributed by atoms with Crippen LogP contribution < -0.4 is 11.4 Å². The fourth-order valence-electron chi connectivity index (χ4n) is 4.30. The molecule has 2 aromatic heterocycles. The third-order valence-corrected chi connectivity index (χ3v) is 6.91. The molecule has 4 aromatic rings. The van der Waals surface area contributed by atoms with Crippen molar-refractivity contribution in [3.05, 3.63) is 116 Å². The van der Waals surface area contributed by atoms with Gasteiger partial charge >= 0.3 is 17.6 Å². The summed E-state index contributed by atoms with van der Waals surface area (Å²) in [6.45, 7) is -0.358. The van der Waals surface area contributed by atoms with Gasteiger partial charge in [-0.05, 0) is 52.2 Å². The van der Waals surface area contributed by atoms with Crippen molar-refractivity contribution in [1.29, 1.82) is 0 Å². The van der Waals surface area contributed by atoms with Gasteiger partial charge in [-0.1, -0.05) is 41.5 Å². The van der Waals surface area contributed by atoms with Gasteiger partial charge in [-0.15, -0.1) is 0 Å². The molecule has 0 radical (unpaired) electrons. The monoisotopic (exact) mass is 558 g/mol. The maximum atomic E-state index is 13.0. The number of hydrogen-bond acceptors (Lipinski definition) is 10. The first-order valence-electron chi connectivity index (χ1n) is 12.1. The molecule has 0 aliphatic carbocycles. The number of esters is 2. The Balaban J connectivity index is 1.50. The third-order valence-electron chi connectivity index (χ3n) is 6.22. The first kappa shape index (κ1) is 26.6. The minimum absolute atomic E-state index is 0.0124. The molecule has 202 valence electrons. The predicted octanol–water partition coefficient (Wildman–Crippen LogP) is 4.21. The Morgan fingerprint density at radius 1 is 1.07 bits per heavy atom. The molecular formula is C27H22N6O6S. The van der Waals surface area contributed by atoms with Gasteiger partial charge in [-0.2, -0.15) is 16.3 Å². The molecule has 5 rings (SSSR count). The Morgan fingerprint density at radius 3 is 2.38 bits per heavy atom. The average molecular weight is 559 g/mol. The standard InChI is InChI=1S/C27H22N6O6S/c28-23-19(18-11-12-40-15-18)13-33(27(36)30-23)24-21(31-32-29)22(39-26(35)17-9-5-2-6-10-17)20(38-24)14-37-25(34)16-7-3-1-4-8-16/h1-13,15,20-22,24H,14H2,(H2,28,30,36)/t20-,21-,22-,24-/m1/s1. The minimum atomic E-state index is -1.25. The van der Waals surface area contributed by atoms with Crippen LogP contribution in [0.5, 0.6) is 0 Å². The SMILES string of the molecule is [N-]=[N+]=N[C@@H]1[C@H](OC(=O)c2ccccc2)[C@@H](COC(=O)c2ccccc2)O[C@H]1n1cc(-c2ccsc2)c(N)nc1=O. The summed E-state index contributed by atoms with van der Waals surface area (Å²) >= 11 is 1.43. The van der Waals surface area contributed by atoms with Crippen molar-refractivity contribution >= 4 is 29.1 Å². The number of azide groups is 1. The molecule has 1 aliphatic heterocycles. The smallest absolute Gasteiger partial charge is 0.351 e. The number of ether oxygens (including phenoxy) is 3. The van der Waals surface area contributed by atoms with E-state index >= 15 is 0 Å². The van der Waals surface area contributed by atoms with Crippen LogP contribution in [0.4, 0.5) is 5.82 Å². The lowest BCUT2D eigenvalue weighted by atomic mass is 10.1. The highest BCUT2D eigenvalue weighted by Gasteiger charge is 2.49. The molecule has 3 heterocycles. The Hall–Kier alpha value is -4.97. The summed E-state index contributed by atoms with van der Waals surface area (Å²) in [6, 6.07) is 17.1. The summed E-state index contributed by atoms with van der Waals surface area (Å²) < 4.78 is 18.4. The van der Waals surface area contributed by atoms with Crippen LogP contribution in [0.25, 0.3) is 21.6 Å². The number of carbonyl (C=O) groups is 2. The molecule has 1 aliphatic rings. The number of nitrogen functional groups attached to an aromatic ring is 1. The maximum Gasteiger partial charge on any atom is 0.351 e. The zero-order valence-electron chi connectivity index (χ0n) is 20.8. The van der Waals surface area contributed by atoms with E-state index in [1.165, 1.54) is 17.5 Å². The number of aromatic nitrogens is 2. The van der Waals surface area contributed by atoms with E-state index in [1.54, 1.807) is 60.7 Å². The van der Waals surface area contributed by atoms with Crippen molar-refractivity contribution in [2.24, 2.45) is 5.11 Å². The average Bonchev–Trinajstić information content (AvgIpc) is 3.62. The van der Waals surface area contributed by atoms with Crippen molar-refractivity contribution in [1.82, 2.24) is 9.55 Å². The molecule has 2 N–H and O–H groups in total. The molecule has 0 spiro atoms. The lowest BCUT2D eigenvalue weighted by Crippen LogP contribution is -2.39. The molecule has 1 saturated heterocycles. The Morgan fingerprint density at radius 2 is 1.75 bits per heavy atom. The number of carbonyl (C=O) groups excluding carboxylic acids is 2. The number of nitrogens with two attached hydrogens (primary N) is 1. The molecule has 2 aromatic carbocycles. The van der Waals surface area contributed by atoms with Crippen molar-refractivity contribution in [2.75, 3.05) is 12.3 Å². The number of nitrogens with zero attached hydrogens (tertiary/aromatic N) is 5. The van der Waals surface area contributed by atoms with E-state index in [4.69, 9.17) is 19.9 Å². The molecule has 12 nitrogen and oxygen atoms in total. The van der Waals surface area contributed by atoms with E-state index in [0.29, 0.717) is 11.1 Å². The molecule has 1 fully saturated rings. The fraction of sp³-hybridized carbons (Fsp3) is 0.185. The van der Waals surface area contributed by atoms with E-state index in [-0.39, 0.29) is 18.0 Å². The highest BCUT2D eigenvalue weighted by molar-refractivity contribution is 7.08. The van der Waals surface area contributed by atoms with Gasteiger partial charge < -0.3 is 19.9 Å². The van der Waals surface area contributed by atoms with Crippen LogP contribution in [-0.2, 0) is 14.2 Å². The third kappa shape index (κ3) is 5.57. The summed E-state index contributed by atoms with van der Waals surface area (Å²) in [4.78, 5) is 45.4. The van der Waals surface area contributed by atoms with Gasteiger partial charge in [0.2, 0.25) is 0 Å². The molecule has 40 heavy (non-hydrogen) atoms. The van der Waals surface area contributed by atoms with Crippen LogP contribution >= 0.6 is 11.3 Å². The second-order valence-electron chi connectivity index (χ2n) is 8.70. The number of hydrogen-bond donors (Lipinski definition) is 1. The Kier molecular flexibility index (Phi) is 7.87. The summed E-state index contributed by atoms with van der Waals surface area (Å²) in [5, 5.41) is 7.50. The highest BCUT2D eigenvalue weighted by atomic mass is 32.1. The second-order valence-corrected chi connectivity index (χ2v) is 9.48. The number of rotatable bonds is 8. The number of benzene rings is 2. The number of thiophene rings is 1. The van der Waals surface area contributed by atoms with Crippen molar-refractivity contribution in [3.63, 3.8) is 0 Å². The Labute approximate surface area is 231 Å². The topological polar surface area (TPSA) is 172 Å². The minimum Gasteiger partial charge on any atom is -0.459 e. The van der Waals surface area contributed by atoms with E-state index in [2.05, 4.69) is 15.0 Å². The summed E-state index contributed by atoms with van der Waals surface area (Å²) in [7, 11) is 0. The maximum absolute atomic E-state index is 13.0. The van der Waals surface area contributed by atoms with Crippen LogP contribution in [0.1, 0.15) is 26.9 Å². The van der Waals surface area contributed by atoms with Crippen molar-refractivity contribution in [2.45, 2.75) is 24.5 Å². The largest absolute Gasteiger partial charge is 0.459 e. The first-order chi connectivity index (χ1) is 19.5. The van der Waals surface area contributed by atoms with E-state index in [9.17, 15) is 19.9 Å². The van der Waals surface area contributed by atoms with E-state index < -0.39 is 42.1 Å². The van der Waals surface area contributed by atoms with Gasteiger partial charge in [0, 0.05) is 16.7 Å². The fourth-order valence-corrected chi connectivity index (χ4v) is 4.95. The summed E-state index contributed by atoms with van der Waals surface area (Å²) in [5.74, 6) is -1.33. The molecule has 0 amide bonds. The van der Waals surface area contributed by atoms with Crippen LogP contribution in [0, 0.1) is 0 Å². The van der Waals surface area contributed by atoms with Gasteiger partial charge in [-0.3, -0.25) is 4.57 Å². The number of anilines is 1. The zero-order valence-corrected chi connectivity index (χ0v) is 21.6. The van der Waals surface area contributed by atoms with Crippen LogP contribution in [-0.4, -0.2) is 46.3 Å². The van der Waals surface area contributed by atoms with Gasteiger partial charge in [0.1, 0.15) is 30.7 Å². The normalized spacial score (nSPS) is 19.9. The zero-order chi connectivity index (χ0) is 28.1. The van der Waals surface area contributed by atoms with Crippen LogP contribution in [0.3, 0.4) is 0 Å². The van der Waals surface area contributed by atoms with Crippen molar-refractivity contribution in [3.8, 4) is 11.1 Å². The quantitative estimate of drug-likeness (QED) is 0.145. The molecule has 0 bridgehead atoms. The lowest BCUT2D eigenvalue weighted by molar-refractivity contribution is -0.0583. The lowest BCUT2D eigenvalue weighted by Gasteiger charge is -2.21. The first-order valence-corrected chi connectivity index (χ1v) is 13.0. The molecule has 4 atom stereocenters. The van der Waals surface area contributed by atoms with Crippen LogP contribution in [0.2, 0.25) is 0 Å². The highest BCUT2D eigenvalue weighted by Crippen LogP contribution is 2.35. The summed E-state index contributed by atoms with van der Waals surface area (Å²) in [5.41, 5.74) is 16.4. The molecule has 13 heteroatoms. The summed E-state index contributed by atoms with van der Waals surface area (Å²) in [6.07, 6.45) is -2.10. The van der Waals surface area contributed by atoms with Gasteiger partial charge in [-0.25, -0.2) is 14.4 Å². The van der Waals surface area contributed by atoms with Gasteiger partial charge in [0.05, 0.1) is 11.1 Å². The Bertz CT molecular complexity index is 1610. The van der Waals surface area contributed by atoms with Crippen LogP contribution in [0.15, 0.2) is 93.6 Å². The van der Waals surface area contributed by atoms with Gasteiger partial charge in [0.25, 0.3) is 0 Å². The van der Waals surface area contributed by atoms with Crippen molar-refractivity contribution < 1.29 is 23.8 Å².